The van der Waals surface area contributed by atoms with Crippen molar-refractivity contribution in [3.63, 3.8) is 0 Å². The summed E-state index contributed by atoms with van der Waals surface area (Å²) in [5.74, 6) is -0.751. The number of hydrogen-bond donors (Lipinski definition) is 1. The Bertz CT molecular complexity index is 218. The van der Waals surface area contributed by atoms with E-state index >= 15 is 0 Å². The maximum Gasteiger partial charge on any atom is 0.307 e. The molecule has 0 aromatic carbocycles. The van der Waals surface area contributed by atoms with E-state index in [0.717, 1.165) is 19.5 Å². The van der Waals surface area contributed by atoms with Crippen LogP contribution in [-0.2, 0) is 4.79 Å². The van der Waals surface area contributed by atoms with Gasteiger partial charge in [-0.25, -0.2) is 0 Å². The van der Waals surface area contributed by atoms with Crippen molar-refractivity contribution in [2.24, 2.45) is 5.92 Å². The molecule has 94 valence electrons. The van der Waals surface area contributed by atoms with E-state index in [0.29, 0.717) is 6.04 Å². The third kappa shape index (κ3) is 4.12. The second-order valence-electron chi connectivity index (χ2n) is 5.02. The SMILES string of the molecule is CCCCCCC(C)N1CCC(C(=O)O)C1. The number of carboxylic acid groups (broad SMARTS) is 1. The number of rotatable bonds is 7. The number of carbonyl (C=O) groups is 1. The number of unbranched alkanes of at least 4 members (excludes halogenated alkanes) is 3. The minimum absolute atomic E-state index is 0.127. The summed E-state index contributed by atoms with van der Waals surface area (Å²) in [6.07, 6.45) is 7.24. The van der Waals surface area contributed by atoms with E-state index in [4.69, 9.17) is 5.11 Å². The van der Waals surface area contributed by atoms with Crippen LogP contribution in [0.2, 0.25) is 0 Å². The molecule has 0 saturated carbocycles. The van der Waals surface area contributed by atoms with E-state index in [2.05, 4.69) is 18.7 Å². The molecule has 0 aromatic heterocycles. The summed E-state index contributed by atoms with van der Waals surface area (Å²) in [5.41, 5.74) is 0. The molecule has 0 bridgehead atoms. The van der Waals surface area contributed by atoms with Crippen LogP contribution in [0.25, 0.3) is 0 Å². The first kappa shape index (κ1) is 13.5. The predicted octanol–water partition coefficient (Wildman–Crippen LogP) is 2.75. The third-order valence-corrected chi connectivity index (χ3v) is 3.67. The minimum Gasteiger partial charge on any atom is -0.481 e. The van der Waals surface area contributed by atoms with Gasteiger partial charge < -0.3 is 5.11 Å². The fourth-order valence-electron chi connectivity index (χ4n) is 2.44. The van der Waals surface area contributed by atoms with Crippen molar-refractivity contribution in [2.45, 2.75) is 58.4 Å². The van der Waals surface area contributed by atoms with Gasteiger partial charge in [-0.05, 0) is 26.3 Å². The maximum absolute atomic E-state index is 10.8. The summed E-state index contributed by atoms with van der Waals surface area (Å²) in [4.78, 5) is 13.2. The average Bonchev–Trinajstić information content (AvgIpc) is 2.73. The Morgan fingerprint density at radius 1 is 1.44 bits per heavy atom. The van der Waals surface area contributed by atoms with Crippen LogP contribution in [0.4, 0.5) is 0 Å². The lowest BCUT2D eigenvalue weighted by atomic mass is 10.1. The van der Waals surface area contributed by atoms with Crippen molar-refractivity contribution in [3.8, 4) is 0 Å². The van der Waals surface area contributed by atoms with Gasteiger partial charge >= 0.3 is 5.97 Å². The number of likely N-dealkylation sites (tertiary alicyclic amines) is 1. The Hall–Kier alpha value is -0.570. The highest BCUT2D eigenvalue weighted by atomic mass is 16.4. The van der Waals surface area contributed by atoms with E-state index < -0.39 is 5.97 Å². The Balaban J connectivity index is 2.17. The van der Waals surface area contributed by atoms with Crippen LogP contribution in [0.1, 0.15) is 52.4 Å². The number of hydrogen-bond acceptors (Lipinski definition) is 2. The molecule has 1 fully saturated rings. The molecule has 1 aliphatic rings. The molecule has 0 spiro atoms. The largest absolute Gasteiger partial charge is 0.481 e. The molecule has 2 unspecified atom stereocenters. The van der Waals surface area contributed by atoms with Crippen LogP contribution < -0.4 is 0 Å². The molecule has 1 saturated heterocycles. The highest BCUT2D eigenvalue weighted by molar-refractivity contribution is 5.70. The van der Waals surface area contributed by atoms with E-state index in [1.807, 2.05) is 0 Å². The standard InChI is InChI=1S/C13H25NO2/c1-3-4-5-6-7-11(2)14-9-8-12(10-14)13(15)16/h11-12H,3-10H2,1-2H3,(H,15,16). The third-order valence-electron chi connectivity index (χ3n) is 3.67. The zero-order chi connectivity index (χ0) is 12.0. The molecule has 0 aromatic rings. The van der Waals surface area contributed by atoms with Gasteiger partial charge in [-0.15, -0.1) is 0 Å². The van der Waals surface area contributed by atoms with E-state index in [-0.39, 0.29) is 5.92 Å². The summed E-state index contributed by atoms with van der Waals surface area (Å²) < 4.78 is 0. The molecule has 3 heteroatoms. The molecular formula is C13H25NO2. The normalized spacial score (nSPS) is 23.5. The molecule has 16 heavy (non-hydrogen) atoms. The van der Waals surface area contributed by atoms with Crippen molar-refractivity contribution in [1.82, 2.24) is 4.90 Å². The summed E-state index contributed by atoms with van der Waals surface area (Å²) in [7, 11) is 0. The van der Waals surface area contributed by atoms with Crippen LogP contribution in [0.5, 0.6) is 0 Å². The summed E-state index contributed by atoms with van der Waals surface area (Å²) in [6.45, 7) is 6.17. The summed E-state index contributed by atoms with van der Waals surface area (Å²) >= 11 is 0. The van der Waals surface area contributed by atoms with Crippen molar-refractivity contribution in [1.29, 1.82) is 0 Å². The summed E-state index contributed by atoms with van der Waals surface area (Å²) in [6, 6.07) is 0.557. The predicted molar refractivity (Wildman–Crippen MR) is 65.5 cm³/mol. The van der Waals surface area contributed by atoms with Gasteiger partial charge in [0.1, 0.15) is 0 Å². The molecular weight excluding hydrogens is 202 g/mol. The monoisotopic (exact) mass is 227 g/mol. The van der Waals surface area contributed by atoms with Gasteiger partial charge in [0, 0.05) is 12.6 Å². The van der Waals surface area contributed by atoms with Gasteiger partial charge in [0.05, 0.1) is 5.92 Å². The molecule has 0 radical (unpaired) electrons. The van der Waals surface area contributed by atoms with E-state index in [9.17, 15) is 4.79 Å². The first-order valence-corrected chi connectivity index (χ1v) is 6.62. The van der Waals surface area contributed by atoms with Gasteiger partial charge in [-0.2, -0.15) is 0 Å². The number of nitrogens with zero attached hydrogens (tertiary/aromatic N) is 1. The van der Waals surface area contributed by atoms with Crippen LogP contribution in [0.3, 0.4) is 0 Å². The quantitative estimate of drug-likeness (QED) is 0.680. The summed E-state index contributed by atoms with van der Waals surface area (Å²) in [5, 5.41) is 8.93. The molecule has 0 aliphatic carbocycles. The Kier molecular flexibility index (Phi) is 5.81. The maximum atomic E-state index is 10.8. The van der Waals surface area contributed by atoms with Gasteiger partial charge in [-0.1, -0.05) is 32.6 Å². The van der Waals surface area contributed by atoms with Crippen LogP contribution in [0, 0.1) is 5.92 Å². The fourth-order valence-corrected chi connectivity index (χ4v) is 2.44. The van der Waals surface area contributed by atoms with Gasteiger partial charge in [0.15, 0.2) is 0 Å². The van der Waals surface area contributed by atoms with Gasteiger partial charge in [-0.3, -0.25) is 9.69 Å². The second-order valence-corrected chi connectivity index (χ2v) is 5.02. The minimum atomic E-state index is -0.624. The highest BCUT2D eigenvalue weighted by Crippen LogP contribution is 2.21. The number of aliphatic carboxylic acids is 1. The highest BCUT2D eigenvalue weighted by Gasteiger charge is 2.30. The Labute approximate surface area is 98.8 Å². The number of carboxylic acids is 1. The lowest BCUT2D eigenvalue weighted by Crippen LogP contribution is -2.31. The molecule has 1 N–H and O–H groups in total. The lowest BCUT2D eigenvalue weighted by molar-refractivity contribution is -0.141. The van der Waals surface area contributed by atoms with Crippen molar-refractivity contribution < 1.29 is 9.90 Å². The molecule has 2 atom stereocenters. The Morgan fingerprint density at radius 2 is 2.19 bits per heavy atom. The average molecular weight is 227 g/mol. The van der Waals surface area contributed by atoms with Gasteiger partial charge in [0.2, 0.25) is 0 Å². The zero-order valence-electron chi connectivity index (χ0n) is 10.6. The zero-order valence-corrected chi connectivity index (χ0v) is 10.6. The fraction of sp³-hybridized carbons (Fsp3) is 0.923. The molecule has 0 amide bonds. The molecule has 1 rings (SSSR count). The van der Waals surface area contributed by atoms with Crippen LogP contribution in [-0.4, -0.2) is 35.1 Å². The van der Waals surface area contributed by atoms with Crippen molar-refractivity contribution in [2.75, 3.05) is 13.1 Å². The Morgan fingerprint density at radius 3 is 2.75 bits per heavy atom. The van der Waals surface area contributed by atoms with Crippen LogP contribution >= 0.6 is 0 Å². The second kappa shape index (κ2) is 6.89. The van der Waals surface area contributed by atoms with Crippen LogP contribution in [0.15, 0.2) is 0 Å². The topological polar surface area (TPSA) is 40.5 Å². The molecule has 1 heterocycles. The van der Waals surface area contributed by atoms with Gasteiger partial charge in [0.25, 0.3) is 0 Å². The molecule has 1 aliphatic heterocycles. The molecule has 3 nitrogen and oxygen atoms in total. The first-order valence-electron chi connectivity index (χ1n) is 6.62. The first-order chi connectivity index (χ1) is 7.65. The smallest absolute Gasteiger partial charge is 0.307 e. The van der Waals surface area contributed by atoms with E-state index in [1.54, 1.807) is 0 Å². The lowest BCUT2D eigenvalue weighted by Gasteiger charge is -2.23. The van der Waals surface area contributed by atoms with Crippen molar-refractivity contribution >= 4 is 5.97 Å². The van der Waals surface area contributed by atoms with Crippen molar-refractivity contribution in [3.05, 3.63) is 0 Å². The van der Waals surface area contributed by atoms with E-state index in [1.165, 1.54) is 32.1 Å².